The zero-order chi connectivity index (χ0) is 44.9. The predicted octanol–water partition coefficient (Wildman–Crippen LogP) is 10.0. The van der Waals surface area contributed by atoms with Gasteiger partial charge >= 0.3 is 0 Å². The van der Waals surface area contributed by atoms with E-state index in [-0.39, 0.29) is 114 Å². The van der Waals surface area contributed by atoms with E-state index in [0.717, 1.165) is 56.1 Å². The lowest BCUT2D eigenvalue weighted by Crippen LogP contribution is -2.58. The molecule has 0 aliphatic carbocycles. The summed E-state index contributed by atoms with van der Waals surface area (Å²) in [6.45, 7) is 33.7. The van der Waals surface area contributed by atoms with Crippen molar-refractivity contribution in [2.24, 2.45) is 29.6 Å². The van der Waals surface area contributed by atoms with Crippen LogP contribution in [0.2, 0.25) is 18.1 Å². The second-order valence-electron chi connectivity index (χ2n) is 22.6. The average molecular weight is 883 g/mol. The molecule has 0 radical (unpaired) electrons. The maximum absolute atomic E-state index is 14.3. The first-order valence-corrected chi connectivity index (χ1v) is 27.3. The number of fused-ring (bicyclic) bond motifs is 2. The molecule has 0 N–H and O–H groups in total. The standard InChI is InChI=1S/C51H82O10Si/c1-29-22-38-17-20-42-30(2)23-37(55-42)16-14-35(52)15-19-44(61-62(12,13)50(7,8)9)49-33(5)32(4)48-43(59-49)21-18-39(57-48)24-36(53)25-41-34(6)45(26-40-28-54-51(10,11)60-40)58-47(41)27-46(56-38)31(29)3/h15,19,29,32-34,37-49H,2-3,14,16-18,20-28H2,1,4-13H3/b19-15+/t29-,32-,33+,34-,37+,38+,39-,40+,41-,42?,43+,44+,45-,46-,47+,48-,49-/m1/s1. The molecular formula is C51H82O10Si. The summed E-state index contributed by atoms with van der Waals surface area (Å²) in [6.07, 6.45) is 10.5. The first-order valence-electron chi connectivity index (χ1n) is 24.4. The number of hydrogen-bond acceptors (Lipinski definition) is 10. The van der Waals surface area contributed by atoms with Crippen molar-refractivity contribution in [2.75, 3.05) is 6.61 Å². The molecule has 0 saturated carbocycles. The van der Waals surface area contributed by atoms with Crippen molar-refractivity contribution in [3.8, 4) is 0 Å². The summed E-state index contributed by atoms with van der Waals surface area (Å²) in [5.41, 5.74) is 2.21. The fourth-order valence-corrected chi connectivity index (χ4v) is 12.6. The Morgan fingerprint density at radius 3 is 2.18 bits per heavy atom. The number of carbonyl (C=O) groups excluding carboxylic acids is 2. The monoisotopic (exact) mass is 883 g/mol. The number of rotatable bonds is 4. The number of ether oxygens (including phenoxy) is 7. The zero-order valence-electron chi connectivity index (χ0n) is 40.2. The van der Waals surface area contributed by atoms with Crippen LogP contribution in [0.5, 0.6) is 0 Å². The highest BCUT2D eigenvalue weighted by atomic mass is 28.4. The Morgan fingerprint density at radius 2 is 1.47 bits per heavy atom. The van der Waals surface area contributed by atoms with Gasteiger partial charge in [0.25, 0.3) is 0 Å². The van der Waals surface area contributed by atoms with Gasteiger partial charge in [-0.2, -0.15) is 0 Å². The van der Waals surface area contributed by atoms with Gasteiger partial charge in [-0.15, -0.1) is 0 Å². The number of Topliss-reactive ketones (excluding diaryl/α,β-unsaturated/α-hetero) is 1. The molecule has 10 nitrogen and oxygen atoms in total. The van der Waals surface area contributed by atoms with E-state index in [2.05, 4.69) is 74.7 Å². The van der Waals surface area contributed by atoms with E-state index < -0.39 is 14.1 Å². The molecule has 9 rings (SSSR count). The van der Waals surface area contributed by atoms with Gasteiger partial charge in [0.1, 0.15) is 5.78 Å². The van der Waals surface area contributed by atoms with Crippen LogP contribution in [0.25, 0.3) is 0 Å². The molecule has 9 aliphatic rings. The molecule has 8 bridgehead atoms. The molecule has 0 amide bonds. The Morgan fingerprint density at radius 1 is 0.774 bits per heavy atom. The minimum Gasteiger partial charge on any atom is -0.408 e. The molecule has 0 aromatic heterocycles. The van der Waals surface area contributed by atoms with E-state index in [9.17, 15) is 9.59 Å². The van der Waals surface area contributed by atoms with E-state index in [1.54, 1.807) is 6.08 Å². The molecule has 1 unspecified atom stereocenters. The number of allylic oxidation sites excluding steroid dienone is 1. The van der Waals surface area contributed by atoms with Crippen molar-refractivity contribution in [1.29, 1.82) is 0 Å². The van der Waals surface area contributed by atoms with Crippen molar-refractivity contribution in [1.82, 2.24) is 0 Å². The lowest BCUT2D eigenvalue weighted by Gasteiger charge is -2.51. The van der Waals surface area contributed by atoms with Crippen LogP contribution in [-0.2, 0) is 47.2 Å². The van der Waals surface area contributed by atoms with Gasteiger partial charge < -0.3 is 37.6 Å². The summed E-state index contributed by atoms with van der Waals surface area (Å²) >= 11 is 0. The Labute approximate surface area is 375 Å². The van der Waals surface area contributed by atoms with Gasteiger partial charge in [-0.25, -0.2) is 0 Å². The Hall–Kier alpha value is -1.54. The van der Waals surface area contributed by atoms with E-state index in [0.29, 0.717) is 44.6 Å². The molecule has 17 atom stereocenters. The number of hydrogen-bond donors (Lipinski definition) is 0. The summed E-state index contributed by atoms with van der Waals surface area (Å²) < 4.78 is 53.7. The van der Waals surface area contributed by atoms with Crippen molar-refractivity contribution in [2.45, 2.75) is 237 Å². The molecule has 350 valence electrons. The highest BCUT2D eigenvalue weighted by Gasteiger charge is 2.51. The summed E-state index contributed by atoms with van der Waals surface area (Å²) in [5.74, 6) is 0.439. The second kappa shape index (κ2) is 19.4. The third-order valence-corrected chi connectivity index (χ3v) is 21.0. The molecule has 9 aliphatic heterocycles. The fourth-order valence-electron chi connectivity index (χ4n) is 11.3. The first kappa shape index (κ1) is 48.4. The van der Waals surface area contributed by atoms with Gasteiger partial charge in [-0.3, -0.25) is 9.59 Å². The molecule has 0 spiro atoms. The molecule has 0 aromatic rings. The van der Waals surface area contributed by atoms with Gasteiger partial charge in [0.05, 0.1) is 79.9 Å². The average Bonchev–Trinajstić information content (AvgIpc) is 3.83. The van der Waals surface area contributed by atoms with E-state index in [1.165, 1.54) is 0 Å². The van der Waals surface area contributed by atoms with Crippen LogP contribution >= 0.6 is 0 Å². The zero-order valence-corrected chi connectivity index (χ0v) is 41.2. The Kier molecular flexibility index (Phi) is 15.1. The van der Waals surface area contributed by atoms with Crippen LogP contribution in [0.4, 0.5) is 0 Å². The van der Waals surface area contributed by atoms with Crippen molar-refractivity contribution in [3.05, 3.63) is 36.5 Å². The topological polar surface area (TPSA) is 108 Å². The molecule has 11 heteroatoms. The SMILES string of the molecule is C=C1C[C@@H]2CCC(=O)/C=C/[C@H](O[Si](C)(C)C(C)(C)C)[C@@H]3O[C@H]4CC[C@H](CC(=O)C[C@@H]5[C@@H](C)[C@@H](C[C@H]6COC(C)(C)O6)O[C@H]5C[C@H]5O[C@@H](CCC1O2)C[C@@H](C)C5=C)O[C@@H]4[C@H](C)[C@@H]3C. The molecule has 6 fully saturated rings. The molecular weight excluding hydrogens is 801 g/mol. The van der Waals surface area contributed by atoms with Crippen LogP contribution in [0.3, 0.4) is 0 Å². The van der Waals surface area contributed by atoms with Gasteiger partial charge in [-0.1, -0.05) is 67.7 Å². The Balaban J connectivity index is 1.13. The van der Waals surface area contributed by atoms with Gasteiger partial charge in [0, 0.05) is 32.1 Å². The lowest BCUT2D eigenvalue weighted by molar-refractivity contribution is -0.237. The molecule has 6 saturated heterocycles. The maximum atomic E-state index is 14.3. The van der Waals surface area contributed by atoms with Crippen LogP contribution < -0.4 is 0 Å². The van der Waals surface area contributed by atoms with E-state index >= 15 is 0 Å². The Bertz CT molecular complexity index is 1650. The minimum atomic E-state index is -2.25. The first-order chi connectivity index (χ1) is 29.1. The smallest absolute Gasteiger partial charge is 0.193 e. The molecule has 9 heterocycles. The minimum absolute atomic E-state index is 0.0161. The van der Waals surface area contributed by atoms with Crippen molar-refractivity contribution < 1.29 is 47.2 Å². The van der Waals surface area contributed by atoms with Gasteiger partial charge in [-0.05, 0) is 124 Å². The van der Waals surface area contributed by atoms with Crippen molar-refractivity contribution in [3.63, 3.8) is 0 Å². The highest BCUT2D eigenvalue weighted by Crippen LogP contribution is 2.46. The van der Waals surface area contributed by atoms with E-state index in [4.69, 9.17) is 37.6 Å². The van der Waals surface area contributed by atoms with Crippen LogP contribution in [0, 0.1) is 29.6 Å². The molecule has 62 heavy (non-hydrogen) atoms. The summed E-state index contributed by atoms with van der Waals surface area (Å²) in [6, 6.07) is 0. The predicted molar refractivity (Wildman–Crippen MR) is 243 cm³/mol. The third kappa shape index (κ3) is 11.2. The maximum Gasteiger partial charge on any atom is 0.193 e. The van der Waals surface area contributed by atoms with Gasteiger partial charge in [0.15, 0.2) is 19.9 Å². The normalized spacial score (nSPS) is 44.5. The molecule has 0 aromatic carbocycles. The largest absolute Gasteiger partial charge is 0.408 e. The van der Waals surface area contributed by atoms with Crippen LogP contribution in [-0.4, -0.2) is 106 Å². The van der Waals surface area contributed by atoms with Crippen LogP contribution in [0.1, 0.15) is 139 Å². The third-order valence-electron chi connectivity index (χ3n) is 16.5. The summed E-state index contributed by atoms with van der Waals surface area (Å²) in [4.78, 5) is 27.8. The summed E-state index contributed by atoms with van der Waals surface area (Å²) in [5, 5.41) is -0.0161. The van der Waals surface area contributed by atoms with Crippen LogP contribution in [0.15, 0.2) is 36.5 Å². The second-order valence-corrected chi connectivity index (χ2v) is 27.4. The quantitative estimate of drug-likeness (QED) is 0.200. The van der Waals surface area contributed by atoms with E-state index in [1.807, 2.05) is 19.9 Å². The fraction of sp³-hybridized carbons (Fsp3) is 0.843. The van der Waals surface area contributed by atoms with Gasteiger partial charge in [0.2, 0.25) is 0 Å². The number of ketones is 2. The lowest BCUT2D eigenvalue weighted by atomic mass is 9.76. The highest BCUT2D eigenvalue weighted by molar-refractivity contribution is 6.74. The van der Waals surface area contributed by atoms with Crippen molar-refractivity contribution >= 4 is 19.9 Å². The summed E-state index contributed by atoms with van der Waals surface area (Å²) in [7, 11) is -2.25. The number of carbonyl (C=O) groups is 2.